The van der Waals surface area contributed by atoms with Crippen LogP contribution in [0.3, 0.4) is 0 Å². The van der Waals surface area contributed by atoms with Crippen LogP contribution >= 0.6 is 11.3 Å². The molecule has 20 heavy (non-hydrogen) atoms. The van der Waals surface area contributed by atoms with Crippen molar-refractivity contribution >= 4 is 16.3 Å². The van der Waals surface area contributed by atoms with E-state index < -0.39 is 0 Å². The van der Waals surface area contributed by atoms with Crippen molar-refractivity contribution in [2.45, 2.75) is 38.1 Å². The van der Waals surface area contributed by atoms with Gasteiger partial charge in [-0.05, 0) is 31.7 Å². The van der Waals surface area contributed by atoms with Gasteiger partial charge in [0.15, 0.2) is 5.82 Å². The van der Waals surface area contributed by atoms with Crippen molar-refractivity contribution in [1.29, 1.82) is 0 Å². The van der Waals surface area contributed by atoms with Gasteiger partial charge in [-0.15, -0.1) is 10.2 Å². The smallest absolute Gasteiger partial charge is 0.234 e. The lowest BCUT2D eigenvalue weighted by Crippen LogP contribution is -2.32. The molecule has 2 aliphatic rings. The van der Waals surface area contributed by atoms with E-state index in [1.54, 1.807) is 11.3 Å². The number of hydrogen-bond acceptors (Lipinski definition) is 6. The summed E-state index contributed by atoms with van der Waals surface area (Å²) in [5.41, 5.74) is 0. The second-order valence-corrected chi connectivity index (χ2v) is 6.79. The molecule has 2 aromatic heterocycles. The van der Waals surface area contributed by atoms with Crippen LogP contribution in [-0.4, -0.2) is 39.6 Å². The van der Waals surface area contributed by atoms with Crippen LogP contribution in [0.2, 0.25) is 0 Å². The largest absolute Gasteiger partial charge is 0.381 e. The predicted octanol–water partition coefficient (Wildman–Crippen LogP) is 1.75. The minimum atomic E-state index is 0.344. The molecule has 2 saturated heterocycles. The number of hydrogen-bond donors (Lipinski definition) is 1. The topological polar surface area (TPSA) is 64.3 Å². The Morgan fingerprint density at radius 3 is 3.10 bits per heavy atom. The van der Waals surface area contributed by atoms with Crippen molar-refractivity contribution in [3.63, 3.8) is 0 Å². The first kappa shape index (κ1) is 12.7. The molecule has 0 aromatic carbocycles. The van der Waals surface area contributed by atoms with Crippen LogP contribution < -0.4 is 5.32 Å². The van der Waals surface area contributed by atoms with Gasteiger partial charge >= 0.3 is 0 Å². The van der Waals surface area contributed by atoms with Crippen LogP contribution in [0.15, 0.2) is 0 Å². The Morgan fingerprint density at radius 1 is 1.35 bits per heavy atom. The molecule has 0 spiro atoms. The molecule has 7 heteroatoms. The number of rotatable bonds is 2. The van der Waals surface area contributed by atoms with Gasteiger partial charge in [0.1, 0.15) is 5.01 Å². The van der Waals surface area contributed by atoms with Gasteiger partial charge in [-0.25, -0.2) is 0 Å². The van der Waals surface area contributed by atoms with Crippen LogP contribution in [-0.2, 0) is 4.74 Å². The highest BCUT2D eigenvalue weighted by Gasteiger charge is 2.29. The first-order chi connectivity index (χ1) is 9.83. The molecule has 108 valence electrons. The van der Waals surface area contributed by atoms with Crippen LogP contribution in [0.5, 0.6) is 0 Å². The van der Waals surface area contributed by atoms with E-state index in [0.29, 0.717) is 17.9 Å². The highest BCUT2D eigenvalue weighted by molar-refractivity contribution is 7.16. The molecule has 3 atom stereocenters. The number of ether oxygens (including phenoxy) is 1. The predicted molar refractivity (Wildman–Crippen MR) is 76.0 cm³/mol. The zero-order valence-electron chi connectivity index (χ0n) is 11.6. The Hall–Kier alpha value is -1.05. The second kappa shape index (κ2) is 5.05. The third-order valence-corrected chi connectivity index (χ3v) is 5.34. The summed E-state index contributed by atoms with van der Waals surface area (Å²) in [6.45, 7) is 4.94. The maximum absolute atomic E-state index is 5.45. The number of piperidine rings is 1. The Morgan fingerprint density at radius 2 is 2.30 bits per heavy atom. The molecule has 0 bridgehead atoms. The Balaban J connectivity index is 1.68. The second-order valence-electron chi connectivity index (χ2n) is 5.80. The van der Waals surface area contributed by atoms with Crippen molar-refractivity contribution < 1.29 is 4.74 Å². The molecule has 0 saturated carbocycles. The van der Waals surface area contributed by atoms with Crippen molar-refractivity contribution in [3.05, 3.63) is 10.8 Å². The summed E-state index contributed by atoms with van der Waals surface area (Å²) in [5, 5.41) is 18.1. The molecular formula is C13H19N5OS. The van der Waals surface area contributed by atoms with Crippen molar-refractivity contribution in [2.24, 2.45) is 5.92 Å². The lowest BCUT2D eigenvalue weighted by molar-refractivity contribution is 0.193. The van der Waals surface area contributed by atoms with E-state index in [0.717, 1.165) is 42.0 Å². The SMILES string of the molecule is CC1CCCNC1c1nn2c(C3CCOC3)nnc2s1. The zero-order valence-corrected chi connectivity index (χ0v) is 12.4. The maximum Gasteiger partial charge on any atom is 0.234 e. The van der Waals surface area contributed by atoms with Gasteiger partial charge in [-0.2, -0.15) is 9.61 Å². The Kier molecular flexibility index (Phi) is 3.20. The first-order valence-electron chi connectivity index (χ1n) is 7.36. The molecule has 3 unspecified atom stereocenters. The number of aromatic nitrogens is 4. The Labute approximate surface area is 121 Å². The minimum Gasteiger partial charge on any atom is -0.381 e. The summed E-state index contributed by atoms with van der Waals surface area (Å²) in [4.78, 5) is 0.904. The van der Waals surface area contributed by atoms with Crippen LogP contribution in [0, 0.1) is 5.92 Å². The van der Waals surface area contributed by atoms with Gasteiger partial charge < -0.3 is 10.1 Å². The molecule has 0 aliphatic carbocycles. The third kappa shape index (κ3) is 2.04. The zero-order chi connectivity index (χ0) is 13.5. The molecule has 2 fully saturated rings. The van der Waals surface area contributed by atoms with Crippen molar-refractivity contribution in [3.8, 4) is 0 Å². The van der Waals surface area contributed by atoms with Gasteiger partial charge in [-0.1, -0.05) is 18.3 Å². The number of fused-ring (bicyclic) bond motifs is 1. The highest BCUT2D eigenvalue weighted by Crippen LogP contribution is 2.32. The summed E-state index contributed by atoms with van der Waals surface area (Å²) >= 11 is 1.66. The molecule has 2 aromatic rings. The van der Waals surface area contributed by atoms with Gasteiger partial charge in [0.05, 0.1) is 12.6 Å². The molecule has 0 amide bonds. The van der Waals surface area contributed by atoms with E-state index in [1.165, 1.54) is 12.8 Å². The van der Waals surface area contributed by atoms with Crippen LogP contribution in [0.4, 0.5) is 0 Å². The van der Waals surface area contributed by atoms with Gasteiger partial charge in [-0.3, -0.25) is 0 Å². The van der Waals surface area contributed by atoms with E-state index in [-0.39, 0.29) is 0 Å². The average molecular weight is 293 g/mol. The van der Waals surface area contributed by atoms with Gasteiger partial charge in [0.2, 0.25) is 4.96 Å². The van der Waals surface area contributed by atoms with Gasteiger partial charge in [0.25, 0.3) is 0 Å². The molecule has 4 heterocycles. The normalized spacial score (nSPS) is 31.1. The summed E-state index contributed by atoms with van der Waals surface area (Å²) in [6.07, 6.45) is 3.54. The average Bonchev–Trinajstić information content (AvgIpc) is 3.14. The van der Waals surface area contributed by atoms with Crippen molar-refractivity contribution in [2.75, 3.05) is 19.8 Å². The van der Waals surface area contributed by atoms with E-state index in [1.807, 2.05) is 4.52 Å². The number of nitrogens with one attached hydrogen (secondary N) is 1. The van der Waals surface area contributed by atoms with Crippen LogP contribution in [0.25, 0.3) is 4.96 Å². The first-order valence-corrected chi connectivity index (χ1v) is 8.18. The lowest BCUT2D eigenvalue weighted by Gasteiger charge is -2.27. The Bertz CT molecular complexity index is 603. The third-order valence-electron chi connectivity index (χ3n) is 4.36. The van der Waals surface area contributed by atoms with E-state index in [9.17, 15) is 0 Å². The number of nitrogens with zero attached hydrogens (tertiary/aromatic N) is 4. The molecule has 2 aliphatic heterocycles. The quantitative estimate of drug-likeness (QED) is 0.914. The molecular weight excluding hydrogens is 274 g/mol. The lowest BCUT2D eigenvalue weighted by atomic mass is 9.93. The fourth-order valence-electron chi connectivity index (χ4n) is 3.15. The van der Waals surface area contributed by atoms with Gasteiger partial charge in [0, 0.05) is 12.5 Å². The summed E-state index contributed by atoms with van der Waals surface area (Å²) in [7, 11) is 0. The fourth-order valence-corrected chi connectivity index (χ4v) is 4.20. The standard InChI is InChI=1S/C13H19N5OS/c1-8-3-2-5-14-10(8)12-17-18-11(9-4-6-19-7-9)15-16-13(18)20-12/h8-10,14H,2-7H2,1H3. The summed E-state index contributed by atoms with van der Waals surface area (Å²) in [6, 6.07) is 0.364. The minimum absolute atomic E-state index is 0.344. The molecule has 0 radical (unpaired) electrons. The molecule has 1 N–H and O–H groups in total. The fraction of sp³-hybridized carbons (Fsp3) is 0.769. The molecule has 4 rings (SSSR count). The summed E-state index contributed by atoms with van der Waals surface area (Å²) < 4.78 is 7.39. The van der Waals surface area contributed by atoms with Crippen molar-refractivity contribution in [1.82, 2.24) is 25.1 Å². The van der Waals surface area contributed by atoms with E-state index in [2.05, 4.69) is 22.4 Å². The highest BCUT2D eigenvalue weighted by atomic mass is 32.1. The maximum atomic E-state index is 5.45. The van der Waals surface area contributed by atoms with E-state index in [4.69, 9.17) is 9.84 Å². The van der Waals surface area contributed by atoms with E-state index >= 15 is 0 Å². The van der Waals surface area contributed by atoms with Crippen LogP contribution in [0.1, 0.15) is 49.0 Å². The molecule has 6 nitrogen and oxygen atoms in total. The summed E-state index contributed by atoms with van der Waals surface area (Å²) in [5.74, 6) is 1.94. The monoisotopic (exact) mass is 293 g/mol.